The van der Waals surface area contributed by atoms with Gasteiger partial charge in [-0.05, 0) is 60.4 Å². The van der Waals surface area contributed by atoms with E-state index in [0.29, 0.717) is 0 Å². The molecule has 0 N–H and O–H groups in total. The van der Waals surface area contributed by atoms with Crippen molar-refractivity contribution in [1.29, 1.82) is 0 Å². The van der Waals surface area contributed by atoms with Crippen molar-refractivity contribution in [2.45, 2.75) is 13.8 Å². The normalized spacial score (nSPS) is 10.2. The minimum Gasteiger partial charge on any atom is -0.497 e. The van der Waals surface area contributed by atoms with Gasteiger partial charge in [-0.15, -0.1) is 0 Å². The van der Waals surface area contributed by atoms with Gasteiger partial charge in [0.1, 0.15) is 11.5 Å². The molecule has 0 saturated carbocycles. The van der Waals surface area contributed by atoms with Crippen LogP contribution >= 0.6 is 0 Å². The molecule has 0 aliphatic carbocycles. The molecule has 0 bridgehead atoms. The maximum atomic E-state index is 5.32. The van der Waals surface area contributed by atoms with Gasteiger partial charge in [-0.3, -0.25) is 0 Å². The third kappa shape index (κ3) is 2.48. The zero-order valence-electron chi connectivity index (χ0n) is 11.3. The molecule has 0 heterocycles. The molecule has 0 aliphatic heterocycles. The summed E-state index contributed by atoms with van der Waals surface area (Å²) in [6, 6.07) is 12.3. The predicted octanol–water partition coefficient (Wildman–Crippen LogP) is 3.99. The smallest absolute Gasteiger partial charge is 0.119 e. The van der Waals surface area contributed by atoms with E-state index in [1.807, 2.05) is 12.1 Å². The minimum absolute atomic E-state index is 0.871. The monoisotopic (exact) mass is 242 g/mol. The highest BCUT2D eigenvalue weighted by Crippen LogP contribution is 2.30. The first-order chi connectivity index (χ1) is 8.63. The Bertz CT molecular complexity index is 559. The number of benzene rings is 2. The number of aryl methyl sites for hydroxylation is 2. The van der Waals surface area contributed by atoms with Crippen LogP contribution in [-0.4, -0.2) is 14.2 Å². The molecule has 2 aromatic rings. The molecule has 0 atom stereocenters. The van der Waals surface area contributed by atoms with Gasteiger partial charge in [-0.2, -0.15) is 0 Å². The van der Waals surface area contributed by atoms with Gasteiger partial charge in [-0.25, -0.2) is 0 Å². The first-order valence-corrected chi connectivity index (χ1v) is 5.94. The summed E-state index contributed by atoms with van der Waals surface area (Å²) in [7, 11) is 3.38. The Kier molecular flexibility index (Phi) is 3.56. The maximum absolute atomic E-state index is 5.32. The second-order valence-electron chi connectivity index (χ2n) is 4.42. The summed E-state index contributed by atoms with van der Waals surface area (Å²) >= 11 is 0. The van der Waals surface area contributed by atoms with E-state index < -0.39 is 0 Å². The first-order valence-electron chi connectivity index (χ1n) is 5.94. The second kappa shape index (κ2) is 5.13. The van der Waals surface area contributed by atoms with Gasteiger partial charge in [0, 0.05) is 0 Å². The molecule has 2 aromatic carbocycles. The van der Waals surface area contributed by atoms with Crippen molar-refractivity contribution in [1.82, 2.24) is 0 Å². The van der Waals surface area contributed by atoms with Crippen LogP contribution in [0.5, 0.6) is 11.5 Å². The van der Waals surface area contributed by atoms with Crippen LogP contribution in [0.3, 0.4) is 0 Å². The molecule has 0 unspecified atom stereocenters. The maximum Gasteiger partial charge on any atom is 0.119 e. The first kappa shape index (κ1) is 12.5. The van der Waals surface area contributed by atoms with E-state index in [-0.39, 0.29) is 0 Å². The zero-order chi connectivity index (χ0) is 13.1. The van der Waals surface area contributed by atoms with Gasteiger partial charge in [0.2, 0.25) is 0 Å². The summed E-state index contributed by atoms with van der Waals surface area (Å²) in [4.78, 5) is 0. The SMILES string of the molecule is COc1cc(C)cc(-c2cc(OC)ccc2C)c1. The lowest BCUT2D eigenvalue weighted by Gasteiger charge is -2.11. The predicted molar refractivity (Wildman–Crippen MR) is 74.5 cm³/mol. The molecule has 0 aliphatic rings. The van der Waals surface area contributed by atoms with E-state index in [0.717, 1.165) is 17.1 Å². The van der Waals surface area contributed by atoms with Crippen LogP contribution in [-0.2, 0) is 0 Å². The Balaban J connectivity index is 2.56. The van der Waals surface area contributed by atoms with E-state index in [2.05, 4.69) is 38.1 Å². The van der Waals surface area contributed by atoms with Gasteiger partial charge in [-0.1, -0.05) is 12.1 Å². The minimum atomic E-state index is 0.871. The molecule has 0 fully saturated rings. The van der Waals surface area contributed by atoms with Crippen molar-refractivity contribution in [3.63, 3.8) is 0 Å². The summed E-state index contributed by atoms with van der Waals surface area (Å²) < 4.78 is 10.6. The summed E-state index contributed by atoms with van der Waals surface area (Å²) in [6.07, 6.45) is 0. The van der Waals surface area contributed by atoms with Gasteiger partial charge in [0.25, 0.3) is 0 Å². The lowest BCUT2D eigenvalue weighted by atomic mass is 9.98. The lowest BCUT2D eigenvalue weighted by molar-refractivity contribution is 0.414. The Hall–Kier alpha value is -1.96. The van der Waals surface area contributed by atoms with Crippen molar-refractivity contribution in [2.24, 2.45) is 0 Å². The fourth-order valence-corrected chi connectivity index (χ4v) is 2.06. The Labute approximate surface area is 108 Å². The Morgan fingerprint density at radius 1 is 0.778 bits per heavy atom. The fraction of sp³-hybridized carbons (Fsp3) is 0.250. The van der Waals surface area contributed by atoms with E-state index in [9.17, 15) is 0 Å². The zero-order valence-corrected chi connectivity index (χ0v) is 11.3. The summed E-state index contributed by atoms with van der Waals surface area (Å²) in [6.45, 7) is 4.17. The lowest BCUT2D eigenvalue weighted by Crippen LogP contribution is -1.90. The Morgan fingerprint density at radius 3 is 2.17 bits per heavy atom. The highest BCUT2D eigenvalue weighted by molar-refractivity contribution is 5.70. The second-order valence-corrected chi connectivity index (χ2v) is 4.42. The molecule has 0 saturated heterocycles. The molecule has 0 spiro atoms. The van der Waals surface area contributed by atoms with Crippen LogP contribution in [0.1, 0.15) is 11.1 Å². The van der Waals surface area contributed by atoms with Gasteiger partial charge < -0.3 is 9.47 Å². The third-order valence-electron chi connectivity index (χ3n) is 3.04. The number of hydrogen-bond donors (Lipinski definition) is 0. The molecule has 0 aromatic heterocycles. The van der Waals surface area contributed by atoms with Crippen LogP contribution in [0.15, 0.2) is 36.4 Å². The summed E-state index contributed by atoms with van der Waals surface area (Å²) in [5.41, 5.74) is 4.75. The molecular weight excluding hydrogens is 224 g/mol. The van der Waals surface area contributed by atoms with Gasteiger partial charge in [0.05, 0.1) is 14.2 Å². The average molecular weight is 242 g/mol. The summed E-state index contributed by atoms with van der Waals surface area (Å²) in [5.74, 6) is 1.75. The van der Waals surface area contributed by atoms with Crippen molar-refractivity contribution in [3.05, 3.63) is 47.5 Å². The molecule has 94 valence electrons. The standard InChI is InChI=1S/C16H18O2/c1-11-7-13(9-15(8-11)18-4)16-10-14(17-3)6-5-12(16)2/h5-10H,1-4H3. The third-order valence-corrected chi connectivity index (χ3v) is 3.04. The number of methoxy groups -OCH3 is 2. The van der Waals surface area contributed by atoms with Gasteiger partial charge in [0.15, 0.2) is 0 Å². The number of hydrogen-bond acceptors (Lipinski definition) is 2. The van der Waals surface area contributed by atoms with E-state index in [4.69, 9.17) is 9.47 Å². The average Bonchev–Trinajstić information content (AvgIpc) is 2.38. The highest BCUT2D eigenvalue weighted by atomic mass is 16.5. The van der Waals surface area contributed by atoms with E-state index in [1.54, 1.807) is 14.2 Å². The highest BCUT2D eigenvalue weighted by Gasteiger charge is 2.06. The van der Waals surface area contributed by atoms with Crippen molar-refractivity contribution >= 4 is 0 Å². The summed E-state index contributed by atoms with van der Waals surface area (Å²) in [5, 5.41) is 0. The molecule has 2 rings (SSSR count). The molecule has 0 amide bonds. The molecule has 18 heavy (non-hydrogen) atoms. The largest absolute Gasteiger partial charge is 0.497 e. The van der Waals surface area contributed by atoms with Crippen LogP contribution in [0.4, 0.5) is 0 Å². The van der Waals surface area contributed by atoms with Gasteiger partial charge >= 0.3 is 0 Å². The van der Waals surface area contributed by atoms with E-state index >= 15 is 0 Å². The van der Waals surface area contributed by atoms with Crippen LogP contribution in [0.2, 0.25) is 0 Å². The molecular formula is C16H18O2. The molecule has 2 heteroatoms. The molecule has 2 nitrogen and oxygen atoms in total. The molecule has 0 radical (unpaired) electrons. The number of ether oxygens (including phenoxy) is 2. The van der Waals surface area contributed by atoms with E-state index in [1.165, 1.54) is 16.7 Å². The Morgan fingerprint density at radius 2 is 1.50 bits per heavy atom. The van der Waals surface area contributed by atoms with Crippen molar-refractivity contribution in [3.8, 4) is 22.6 Å². The van der Waals surface area contributed by atoms with Crippen LogP contribution < -0.4 is 9.47 Å². The quantitative estimate of drug-likeness (QED) is 0.810. The topological polar surface area (TPSA) is 18.5 Å². The van der Waals surface area contributed by atoms with Crippen LogP contribution in [0.25, 0.3) is 11.1 Å². The fourth-order valence-electron chi connectivity index (χ4n) is 2.06. The van der Waals surface area contributed by atoms with Crippen LogP contribution in [0, 0.1) is 13.8 Å². The van der Waals surface area contributed by atoms with Crippen molar-refractivity contribution < 1.29 is 9.47 Å². The number of rotatable bonds is 3. The van der Waals surface area contributed by atoms with Crippen molar-refractivity contribution in [2.75, 3.05) is 14.2 Å².